The zero-order valence-corrected chi connectivity index (χ0v) is 12.7. The molecule has 0 aliphatic rings. The number of nitrogens with one attached hydrogen (secondary N) is 3. The van der Waals surface area contributed by atoms with E-state index in [1.54, 1.807) is 26.2 Å². The molecule has 0 radical (unpaired) electrons. The quantitative estimate of drug-likeness (QED) is 0.361. The largest absolute Gasteiger partial charge is 0.497 e. The lowest BCUT2D eigenvalue weighted by molar-refractivity contribution is -0.139. The van der Waals surface area contributed by atoms with Gasteiger partial charge in [-0.15, -0.1) is 0 Å². The maximum absolute atomic E-state index is 11.8. The van der Waals surface area contributed by atoms with Crippen LogP contribution in [0.15, 0.2) is 24.3 Å². The van der Waals surface area contributed by atoms with E-state index in [0.29, 0.717) is 25.9 Å². The molecular weight excluding hydrogens is 286 g/mol. The van der Waals surface area contributed by atoms with Crippen molar-refractivity contribution in [2.75, 3.05) is 20.2 Å². The smallest absolute Gasteiger partial charge is 0.309 e. The highest BCUT2D eigenvalue weighted by atomic mass is 16.5. The number of methoxy groups -OCH3 is 1. The Hall–Kier alpha value is -2.57. The molecule has 1 aromatic rings. The Bertz CT molecular complexity index is 502. The molecule has 0 aliphatic heterocycles. The van der Waals surface area contributed by atoms with Gasteiger partial charge in [0.15, 0.2) is 0 Å². The lowest BCUT2D eigenvalue weighted by Crippen LogP contribution is -2.41. The normalized spacial score (nSPS) is 11.2. The van der Waals surface area contributed by atoms with Gasteiger partial charge in [0, 0.05) is 13.1 Å². The molecule has 0 saturated carbocycles. The second-order valence-electron chi connectivity index (χ2n) is 4.65. The maximum atomic E-state index is 11.8. The highest BCUT2D eigenvalue weighted by Crippen LogP contribution is 2.16. The number of hydrogen-bond donors (Lipinski definition) is 3. The summed E-state index contributed by atoms with van der Waals surface area (Å²) in [4.78, 5) is 33.4. The zero-order valence-electron chi connectivity index (χ0n) is 12.7. The number of amides is 3. The fourth-order valence-corrected chi connectivity index (χ4v) is 1.77. The monoisotopic (exact) mass is 307 g/mol. The molecular formula is C15H21N3O4. The minimum Gasteiger partial charge on any atom is -0.497 e. The van der Waals surface area contributed by atoms with Crippen LogP contribution in [0.25, 0.3) is 0 Å². The first-order valence-corrected chi connectivity index (χ1v) is 6.98. The van der Waals surface area contributed by atoms with Gasteiger partial charge in [-0.2, -0.15) is 0 Å². The number of ether oxygens (including phenoxy) is 1. The van der Waals surface area contributed by atoms with E-state index in [-0.39, 0.29) is 6.04 Å². The first-order valence-electron chi connectivity index (χ1n) is 6.98. The minimum atomic E-state index is -0.688. The van der Waals surface area contributed by atoms with Crippen molar-refractivity contribution in [1.29, 1.82) is 0 Å². The minimum absolute atomic E-state index is 0.291. The third-order valence-corrected chi connectivity index (χ3v) is 3.04. The van der Waals surface area contributed by atoms with Gasteiger partial charge in [0.1, 0.15) is 5.75 Å². The lowest BCUT2D eigenvalue weighted by Gasteiger charge is -2.14. The van der Waals surface area contributed by atoms with Gasteiger partial charge < -0.3 is 20.7 Å². The molecule has 0 aromatic heterocycles. The molecule has 0 fully saturated rings. The summed E-state index contributed by atoms with van der Waals surface area (Å²) in [7, 11) is 1.58. The van der Waals surface area contributed by atoms with Crippen LogP contribution in [-0.2, 0) is 14.4 Å². The van der Waals surface area contributed by atoms with Gasteiger partial charge in [-0.1, -0.05) is 12.1 Å². The molecule has 0 bridgehead atoms. The Kier molecular flexibility index (Phi) is 7.45. The summed E-state index contributed by atoms with van der Waals surface area (Å²) in [6, 6.07) is 6.94. The molecule has 1 unspecified atom stereocenters. The van der Waals surface area contributed by atoms with E-state index in [2.05, 4.69) is 16.0 Å². The molecule has 1 rings (SSSR count). The van der Waals surface area contributed by atoms with Crippen LogP contribution in [0.4, 0.5) is 0 Å². The van der Waals surface area contributed by atoms with Gasteiger partial charge in [-0.05, 0) is 31.0 Å². The molecule has 0 heterocycles. The van der Waals surface area contributed by atoms with E-state index >= 15 is 0 Å². The summed E-state index contributed by atoms with van der Waals surface area (Å²) < 4.78 is 5.06. The molecule has 120 valence electrons. The molecule has 0 aliphatic carbocycles. The Morgan fingerprint density at radius 3 is 2.45 bits per heavy atom. The summed E-state index contributed by atoms with van der Waals surface area (Å²) in [6.07, 6.45) is 1.15. The van der Waals surface area contributed by atoms with Gasteiger partial charge >= 0.3 is 11.8 Å². The predicted molar refractivity (Wildman–Crippen MR) is 81.2 cm³/mol. The van der Waals surface area contributed by atoms with Crippen molar-refractivity contribution in [3.05, 3.63) is 29.8 Å². The topological polar surface area (TPSA) is 96.5 Å². The van der Waals surface area contributed by atoms with Crippen molar-refractivity contribution >= 4 is 18.2 Å². The summed E-state index contributed by atoms with van der Waals surface area (Å²) in [5.74, 6) is -0.651. The summed E-state index contributed by atoms with van der Waals surface area (Å²) >= 11 is 0. The van der Waals surface area contributed by atoms with Crippen molar-refractivity contribution in [2.24, 2.45) is 0 Å². The van der Waals surface area contributed by atoms with Crippen LogP contribution < -0.4 is 20.7 Å². The summed E-state index contributed by atoms with van der Waals surface area (Å²) in [5.41, 5.74) is 0.872. The van der Waals surface area contributed by atoms with Crippen molar-refractivity contribution in [1.82, 2.24) is 16.0 Å². The molecule has 7 nitrogen and oxygen atoms in total. The Morgan fingerprint density at radius 1 is 1.18 bits per heavy atom. The second kappa shape index (κ2) is 9.38. The van der Waals surface area contributed by atoms with E-state index in [1.807, 2.05) is 12.1 Å². The first-order chi connectivity index (χ1) is 10.6. The van der Waals surface area contributed by atoms with E-state index in [0.717, 1.165) is 11.3 Å². The fourth-order valence-electron chi connectivity index (χ4n) is 1.77. The van der Waals surface area contributed by atoms with E-state index in [4.69, 9.17) is 4.74 Å². The Labute approximate surface area is 129 Å². The van der Waals surface area contributed by atoms with Crippen LogP contribution in [0, 0.1) is 0 Å². The van der Waals surface area contributed by atoms with Crippen molar-refractivity contribution in [3.63, 3.8) is 0 Å². The second-order valence-corrected chi connectivity index (χ2v) is 4.65. The predicted octanol–water partition coefficient (Wildman–Crippen LogP) is 0.125. The molecule has 0 saturated heterocycles. The van der Waals surface area contributed by atoms with Crippen molar-refractivity contribution in [3.8, 4) is 5.75 Å². The van der Waals surface area contributed by atoms with Crippen molar-refractivity contribution < 1.29 is 19.1 Å². The average molecular weight is 307 g/mol. The molecule has 22 heavy (non-hydrogen) atoms. The molecule has 7 heteroatoms. The van der Waals surface area contributed by atoms with Crippen LogP contribution in [0.1, 0.15) is 24.9 Å². The Morgan fingerprint density at radius 2 is 1.86 bits per heavy atom. The zero-order chi connectivity index (χ0) is 16.4. The number of benzene rings is 1. The summed E-state index contributed by atoms with van der Waals surface area (Å²) in [5, 5.41) is 7.58. The highest BCUT2D eigenvalue weighted by molar-refractivity contribution is 6.35. The molecule has 1 aromatic carbocycles. The van der Waals surface area contributed by atoms with E-state index in [1.165, 1.54) is 0 Å². The van der Waals surface area contributed by atoms with E-state index < -0.39 is 11.8 Å². The first kappa shape index (κ1) is 17.5. The third-order valence-electron chi connectivity index (χ3n) is 3.04. The number of carbonyl (C=O) groups excluding carboxylic acids is 3. The molecule has 1 atom stereocenters. The van der Waals surface area contributed by atoms with Crippen molar-refractivity contribution in [2.45, 2.75) is 19.4 Å². The SMILES string of the molecule is COc1ccc(C(C)NC(=O)C(=O)NCCCNC=O)cc1. The van der Waals surface area contributed by atoms with E-state index in [9.17, 15) is 14.4 Å². The number of rotatable bonds is 8. The van der Waals surface area contributed by atoms with Crippen LogP contribution in [0.5, 0.6) is 5.75 Å². The third kappa shape index (κ3) is 5.82. The van der Waals surface area contributed by atoms with Gasteiger partial charge in [-0.25, -0.2) is 0 Å². The molecule has 0 spiro atoms. The standard InChI is InChI=1S/C15H21N3O4/c1-11(12-4-6-13(22-2)7-5-12)18-15(21)14(20)17-9-3-8-16-10-19/h4-7,10-11H,3,8-9H2,1-2H3,(H,16,19)(H,17,20)(H,18,21). The van der Waals surface area contributed by atoms with Gasteiger partial charge in [0.2, 0.25) is 6.41 Å². The molecule has 3 N–H and O–H groups in total. The number of carbonyl (C=O) groups is 3. The van der Waals surface area contributed by atoms with Gasteiger partial charge in [0.05, 0.1) is 13.2 Å². The van der Waals surface area contributed by atoms with Crippen LogP contribution in [0.3, 0.4) is 0 Å². The highest BCUT2D eigenvalue weighted by Gasteiger charge is 2.16. The lowest BCUT2D eigenvalue weighted by atomic mass is 10.1. The summed E-state index contributed by atoms with van der Waals surface area (Å²) in [6.45, 7) is 2.57. The number of hydrogen-bond acceptors (Lipinski definition) is 4. The van der Waals surface area contributed by atoms with Gasteiger partial charge in [0.25, 0.3) is 0 Å². The fraction of sp³-hybridized carbons (Fsp3) is 0.400. The average Bonchev–Trinajstić information content (AvgIpc) is 2.54. The van der Waals surface area contributed by atoms with Crippen LogP contribution in [0.2, 0.25) is 0 Å². The molecule has 3 amide bonds. The van der Waals surface area contributed by atoms with Crippen LogP contribution in [-0.4, -0.2) is 38.4 Å². The van der Waals surface area contributed by atoms with Crippen LogP contribution >= 0.6 is 0 Å². The maximum Gasteiger partial charge on any atom is 0.309 e. The van der Waals surface area contributed by atoms with Gasteiger partial charge in [-0.3, -0.25) is 14.4 Å². The Balaban J connectivity index is 2.38.